The molecule has 0 radical (unpaired) electrons. The van der Waals surface area contributed by atoms with E-state index in [0.717, 1.165) is 6.42 Å². The van der Waals surface area contributed by atoms with Crippen molar-refractivity contribution in [3.05, 3.63) is 0 Å². The van der Waals surface area contributed by atoms with Gasteiger partial charge in [0, 0.05) is 19.8 Å². The zero-order chi connectivity index (χ0) is 13.6. The van der Waals surface area contributed by atoms with Crippen molar-refractivity contribution in [2.45, 2.75) is 32.6 Å². The second kappa shape index (κ2) is 6.49. The van der Waals surface area contributed by atoms with E-state index in [4.69, 9.17) is 4.74 Å². The molecule has 1 aliphatic rings. The number of ether oxygens (including phenoxy) is 1. The largest absolute Gasteiger partial charge is 0.481 e. The van der Waals surface area contributed by atoms with Crippen LogP contribution in [0.25, 0.3) is 0 Å². The van der Waals surface area contributed by atoms with Crippen molar-refractivity contribution in [1.29, 1.82) is 0 Å². The van der Waals surface area contributed by atoms with E-state index in [1.807, 2.05) is 6.92 Å². The summed E-state index contributed by atoms with van der Waals surface area (Å²) >= 11 is 0. The molecule has 0 aromatic carbocycles. The standard InChI is InChI=1S/C11H21NO5S/c1-2-3-8-18(15,16)12-9-11(10(13)14)4-6-17-7-5-11/h12H,2-9H2,1H3,(H,13,14). The smallest absolute Gasteiger partial charge is 0.311 e. The molecular weight excluding hydrogens is 258 g/mol. The van der Waals surface area contributed by atoms with Crippen LogP contribution in [0.4, 0.5) is 0 Å². The Morgan fingerprint density at radius 2 is 2.00 bits per heavy atom. The van der Waals surface area contributed by atoms with Crippen molar-refractivity contribution in [2.24, 2.45) is 5.41 Å². The Morgan fingerprint density at radius 1 is 1.39 bits per heavy atom. The van der Waals surface area contributed by atoms with Crippen molar-refractivity contribution in [1.82, 2.24) is 4.72 Å². The highest BCUT2D eigenvalue weighted by atomic mass is 32.2. The van der Waals surface area contributed by atoms with Crippen molar-refractivity contribution >= 4 is 16.0 Å². The predicted molar refractivity (Wildman–Crippen MR) is 66.8 cm³/mol. The fraction of sp³-hybridized carbons (Fsp3) is 0.909. The summed E-state index contributed by atoms with van der Waals surface area (Å²) in [6, 6.07) is 0. The third-order valence-corrected chi connectivity index (χ3v) is 4.71. The van der Waals surface area contributed by atoms with Gasteiger partial charge in [-0.05, 0) is 19.3 Å². The average Bonchev–Trinajstić information content (AvgIpc) is 2.35. The highest BCUT2D eigenvalue weighted by molar-refractivity contribution is 7.89. The van der Waals surface area contributed by atoms with E-state index in [1.165, 1.54) is 0 Å². The molecular formula is C11H21NO5S. The maximum atomic E-state index is 11.7. The van der Waals surface area contributed by atoms with Gasteiger partial charge in [-0.1, -0.05) is 13.3 Å². The third kappa shape index (κ3) is 4.22. The van der Waals surface area contributed by atoms with Crippen molar-refractivity contribution in [3.8, 4) is 0 Å². The molecule has 1 heterocycles. The van der Waals surface area contributed by atoms with E-state index < -0.39 is 21.4 Å². The average molecular weight is 279 g/mol. The van der Waals surface area contributed by atoms with Gasteiger partial charge in [0.1, 0.15) is 0 Å². The SMILES string of the molecule is CCCCS(=O)(=O)NCC1(C(=O)O)CCOCC1. The Hall–Kier alpha value is -0.660. The van der Waals surface area contributed by atoms with E-state index in [9.17, 15) is 18.3 Å². The normalized spacial score (nSPS) is 19.6. The molecule has 0 unspecified atom stereocenters. The van der Waals surface area contributed by atoms with Gasteiger partial charge in [0.15, 0.2) is 0 Å². The first kappa shape index (κ1) is 15.4. The van der Waals surface area contributed by atoms with E-state index in [1.54, 1.807) is 0 Å². The molecule has 1 aliphatic heterocycles. The van der Waals surface area contributed by atoms with Crippen LogP contribution in [0.15, 0.2) is 0 Å². The maximum Gasteiger partial charge on any atom is 0.311 e. The van der Waals surface area contributed by atoms with Crippen LogP contribution in [0.2, 0.25) is 0 Å². The second-order valence-electron chi connectivity index (χ2n) is 4.69. The summed E-state index contributed by atoms with van der Waals surface area (Å²) in [5.41, 5.74) is -1.02. The fourth-order valence-corrected chi connectivity index (χ4v) is 3.19. The molecule has 2 N–H and O–H groups in total. The molecule has 0 spiro atoms. The minimum Gasteiger partial charge on any atom is -0.481 e. The Bertz CT molecular complexity index is 373. The van der Waals surface area contributed by atoms with Crippen LogP contribution in [0, 0.1) is 5.41 Å². The van der Waals surface area contributed by atoms with Crippen LogP contribution >= 0.6 is 0 Å². The lowest BCUT2D eigenvalue weighted by molar-refractivity contribution is -0.154. The summed E-state index contributed by atoms with van der Waals surface area (Å²) in [5, 5.41) is 9.27. The molecule has 7 heteroatoms. The van der Waals surface area contributed by atoms with E-state index in [2.05, 4.69) is 4.72 Å². The van der Waals surface area contributed by atoms with Gasteiger partial charge in [-0.2, -0.15) is 0 Å². The number of carbonyl (C=O) groups is 1. The van der Waals surface area contributed by atoms with E-state index in [-0.39, 0.29) is 12.3 Å². The highest BCUT2D eigenvalue weighted by Crippen LogP contribution is 2.30. The Kier molecular flexibility index (Phi) is 5.55. The molecule has 106 valence electrons. The molecule has 6 nitrogen and oxygen atoms in total. The summed E-state index contributed by atoms with van der Waals surface area (Å²) in [6.45, 7) is 2.59. The number of nitrogens with one attached hydrogen (secondary N) is 1. The van der Waals surface area contributed by atoms with Gasteiger partial charge in [0.2, 0.25) is 10.0 Å². The lowest BCUT2D eigenvalue weighted by Crippen LogP contribution is -2.46. The highest BCUT2D eigenvalue weighted by Gasteiger charge is 2.40. The van der Waals surface area contributed by atoms with Crippen molar-refractivity contribution in [3.63, 3.8) is 0 Å². The second-order valence-corrected chi connectivity index (χ2v) is 6.62. The lowest BCUT2D eigenvalue weighted by atomic mass is 9.80. The molecule has 1 fully saturated rings. The summed E-state index contributed by atoms with van der Waals surface area (Å²) in [6.07, 6.45) is 2.06. The molecule has 18 heavy (non-hydrogen) atoms. The van der Waals surface area contributed by atoms with E-state index >= 15 is 0 Å². The van der Waals surface area contributed by atoms with Crippen molar-refractivity contribution < 1.29 is 23.1 Å². The molecule has 0 aliphatic carbocycles. The van der Waals surface area contributed by atoms with Crippen LogP contribution in [-0.2, 0) is 19.6 Å². The number of hydrogen-bond acceptors (Lipinski definition) is 4. The van der Waals surface area contributed by atoms with Crippen LogP contribution in [0.5, 0.6) is 0 Å². The summed E-state index contributed by atoms with van der Waals surface area (Å²) in [4.78, 5) is 11.3. The monoisotopic (exact) mass is 279 g/mol. The van der Waals surface area contributed by atoms with Crippen molar-refractivity contribution in [2.75, 3.05) is 25.5 Å². The van der Waals surface area contributed by atoms with Crippen LogP contribution in [-0.4, -0.2) is 45.0 Å². The predicted octanol–water partition coefficient (Wildman–Crippen LogP) is 0.587. The number of sulfonamides is 1. The van der Waals surface area contributed by atoms with Crippen LogP contribution in [0.1, 0.15) is 32.6 Å². The van der Waals surface area contributed by atoms with Gasteiger partial charge >= 0.3 is 5.97 Å². The van der Waals surface area contributed by atoms with Crippen LogP contribution in [0.3, 0.4) is 0 Å². The summed E-state index contributed by atoms with van der Waals surface area (Å²) in [5.74, 6) is -0.903. The number of hydrogen-bond donors (Lipinski definition) is 2. The van der Waals surface area contributed by atoms with Gasteiger partial charge in [-0.3, -0.25) is 4.79 Å². The molecule has 1 saturated heterocycles. The first-order valence-electron chi connectivity index (χ1n) is 6.20. The van der Waals surface area contributed by atoms with Gasteiger partial charge in [0.25, 0.3) is 0 Å². The number of unbranched alkanes of at least 4 members (excludes halogenated alkanes) is 1. The zero-order valence-electron chi connectivity index (χ0n) is 10.6. The number of aliphatic carboxylic acids is 1. The molecule has 1 rings (SSSR count). The minimum atomic E-state index is -3.37. The van der Waals surface area contributed by atoms with Crippen LogP contribution < -0.4 is 4.72 Å². The maximum absolute atomic E-state index is 11.7. The lowest BCUT2D eigenvalue weighted by Gasteiger charge is -2.33. The summed E-state index contributed by atoms with van der Waals surface area (Å²) < 4.78 is 30.9. The van der Waals surface area contributed by atoms with E-state index in [0.29, 0.717) is 32.5 Å². The number of carboxylic acid groups (broad SMARTS) is 1. The first-order chi connectivity index (χ1) is 8.42. The zero-order valence-corrected chi connectivity index (χ0v) is 11.5. The topological polar surface area (TPSA) is 92.7 Å². The van der Waals surface area contributed by atoms with Gasteiger partial charge in [-0.15, -0.1) is 0 Å². The molecule has 0 bridgehead atoms. The number of rotatable bonds is 7. The number of carboxylic acids is 1. The molecule has 0 amide bonds. The minimum absolute atomic E-state index is 0.0439. The Labute approximate surface area is 108 Å². The Balaban J connectivity index is 2.60. The quantitative estimate of drug-likeness (QED) is 0.711. The molecule has 0 aromatic heterocycles. The third-order valence-electron chi connectivity index (χ3n) is 3.30. The molecule has 0 saturated carbocycles. The molecule has 0 aromatic rings. The van der Waals surface area contributed by atoms with Gasteiger partial charge in [0.05, 0.1) is 11.2 Å². The fourth-order valence-electron chi connectivity index (χ4n) is 1.88. The Morgan fingerprint density at radius 3 is 2.50 bits per heavy atom. The molecule has 0 atom stereocenters. The first-order valence-corrected chi connectivity index (χ1v) is 7.85. The van der Waals surface area contributed by atoms with Gasteiger partial charge in [-0.25, -0.2) is 13.1 Å². The summed E-state index contributed by atoms with van der Waals surface area (Å²) in [7, 11) is -3.37. The van der Waals surface area contributed by atoms with Gasteiger partial charge < -0.3 is 9.84 Å².